The Labute approximate surface area is 92.8 Å². The lowest BCUT2D eigenvalue weighted by Crippen LogP contribution is -2.27. The van der Waals surface area contributed by atoms with Crippen LogP contribution >= 0.6 is 0 Å². The van der Waals surface area contributed by atoms with Crippen LogP contribution in [0, 0.1) is 0 Å². The number of esters is 3. The number of ether oxygens (including phenoxy) is 3. The second-order valence-corrected chi connectivity index (χ2v) is 3.62. The van der Waals surface area contributed by atoms with Gasteiger partial charge >= 0.3 is 17.9 Å². The minimum Gasteiger partial charge on any atom is -0.459 e. The summed E-state index contributed by atoms with van der Waals surface area (Å²) in [6.07, 6.45) is -1.77. The molecule has 0 aromatic rings. The van der Waals surface area contributed by atoms with E-state index in [4.69, 9.17) is 14.2 Å². The van der Waals surface area contributed by atoms with Crippen LogP contribution in [0.15, 0.2) is 0 Å². The first kappa shape index (κ1) is 12.5. The van der Waals surface area contributed by atoms with Crippen molar-refractivity contribution in [2.45, 2.75) is 45.5 Å². The van der Waals surface area contributed by atoms with E-state index in [9.17, 15) is 14.4 Å². The van der Waals surface area contributed by atoms with E-state index in [2.05, 4.69) is 0 Å². The topological polar surface area (TPSA) is 78.9 Å². The lowest BCUT2D eigenvalue weighted by molar-refractivity contribution is -0.163. The normalized spacial score (nSPS) is 25.8. The van der Waals surface area contributed by atoms with Crippen molar-refractivity contribution in [1.29, 1.82) is 0 Å². The van der Waals surface area contributed by atoms with Crippen LogP contribution in [-0.4, -0.2) is 36.2 Å². The Bertz CT molecular complexity index is 310. The summed E-state index contributed by atoms with van der Waals surface area (Å²) in [6, 6.07) is 0. The van der Waals surface area contributed by atoms with Gasteiger partial charge in [-0.15, -0.1) is 0 Å². The zero-order chi connectivity index (χ0) is 12.3. The van der Waals surface area contributed by atoms with Gasteiger partial charge in [0, 0.05) is 20.3 Å². The first-order valence-corrected chi connectivity index (χ1v) is 4.95. The molecule has 6 heteroatoms. The van der Waals surface area contributed by atoms with E-state index in [1.807, 2.05) is 0 Å². The monoisotopic (exact) mass is 230 g/mol. The summed E-state index contributed by atoms with van der Waals surface area (Å²) in [6.45, 7) is 4.11. The fraction of sp³-hybridized carbons (Fsp3) is 0.700. The van der Waals surface area contributed by atoms with Gasteiger partial charge < -0.3 is 14.2 Å². The summed E-state index contributed by atoms with van der Waals surface area (Å²) in [4.78, 5) is 32.7. The van der Waals surface area contributed by atoms with Crippen LogP contribution in [-0.2, 0) is 28.6 Å². The number of rotatable bonds is 3. The van der Waals surface area contributed by atoms with Crippen LogP contribution in [0.2, 0.25) is 0 Å². The molecule has 1 rings (SSSR count). The highest BCUT2D eigenvalue weighted by Gasteiger charge is 2.40. The van der Waals surface area contributed by atoms with E-state index in [-0.39, 0.29) is 6.42 Å². The molecular weight excluding hydrogens is 216 g/mol. The fourth-order valence-electron chi connectivity index (χ4n) is 1.50. The van der Waals surface area contributed by atoms with E-state index in [1.165, 1.54) is 13.8 Å². The fourth-order valence-corrected chi connectivity index (χ4v) is 1.50. The van der Waals surface area contributed by atoms with Crippen molar-refractivity contribution in [2.24, 2.45) is 0 Å². The molecule has 0 bridgehead atoms. The first-order valence-electron chi connectivity index (χ1n) is 4.95. The van der Waals surface area contributed by atoms with Gasteiger partial charge in [0.05, 0.1) is 0 Å². The third kappa shape index (κ3) is 3.22. The van der Waals surface area contributed by atoms with Crippen molar-refractivity contribution < 1.29 is 28.6 Å². The molecule has 0 unspecified atom stereocenters. The van der Waals surface area contributed by atoms with Crippen LogP contribution in [0.3, 0.4) is 0 Å². The molecule has 1 fully saturated rings. The number of hydrogen-bond acceptors (Lipinski definition) is 6. The van der Waals surface area contributed by atoms with Crippen molar-refractivity contribution >= 4 is 17.9 Å². The predicted molar refractivity (Wildman–Crippen MR) is 51.3 cm³/mol. The second kappa shape index (κ2) is 4.96. The van der Waals surface area contributed by atoms with Crippen molar-refractivity contribution in [2.75, 3.05) is 0 Å². The molecule has 3 atom stereocenters. The molecular formula is C10H14O6. The summed E-state index contributed by atoms with van der Waals surface area (Å²) in [5.41, 5.74) is 0. The molecule has 6 nitrogen and oxygen atoms in total. The minimum atomic E-state index is -0.888. The van der Waals surface area contributed by atoms with Gasteiger partial charge in [-0.2, -0.15) is 0 Å². The Morgan fingerprint density at radius 2 is 2.00 bits per heavy atom. The maximum Gasteiger partial charge on any atom is 0.348 e. The molecule has 0 spiro atoms. The summed E-state index contributed by atoms with van der Waals surface area (Å²) >= 11 is 0. The SMILES string of the molecule is CC(=O)O[C@@H]1C[C@H]([C@@H](C)OC(C)=O)OC1=O. The number of cyclic esters (lactones) is 1. The van der Waals surface area contributed by atoms with Crippen LogP contribution in [0.4, 0.5) is 0 Å². The quantitative estimate of drug-likeness (QED) is 0.508. The van der Waals surface area contributed by atoms with E-state index < -0.39 is 36.2 Å². The molecule has 0 amide bonds. The highest BCUT2D eigenvalue weighted by atomic mass is 16.6. The van der Waals surface area contributed by atoms with Crippen LogP contribution in [0.5, 0.6) is 0 Å². The molecule has 0 saturated carbocycles. The smallest absolute Gasteiger partial charge is 0.348 e. The number of carbonyl (C=O) groups excluding carboxylic acids is 3. The molecule has 0 N–H and O–H groups in total. The highest BCUT2D eigenvalue weighted by Crippen LogP contribution is 2.22. The largest absolute Gasteiger partial charge is 0.459 e. The van der Waals surface area contributed by atoms with Crippen molar-refractivity contribution in [3.05, 3.63) is 0 Å². The van der Waals surface area contributed by atoms with Crippen LogP contribution < -0.4 is 0 Å². The molecule has 0 radical (unpaired) electrons. The molecule has 0 aromatic carbocycles. The molecule has 90 valence electrons. The summed E-state index contributed by atoms with van der Waals surface area (Å²) < 4.78 is 14.6. The van der Waals surface area contributed by atoms with Gasteiger partial charge in [0.15, 0.2) is 0 Å². The van der Waals surface area contributed by atoms with Gasteiger partial charge in [0.2, 0.25) is 6.10 Å². The van der Waals surface area contributed by atoms with E-state index >= 15 is 0 Å². The van der Waals surface area contributed by atoms with Gasteiger partial charge in [-0.25, -0.2) is 4.79 Å². The van der Waals surface area contributed by atoms with Crippen LogP contribution in [0.25, 0.3) is 0 Å². The molecule has 1 aliphatic rings. The first-order chi connectivity index (χ1) is 7.40. The van der Waals surface area contributed by atoms with Gasteiger partial charge in [-0.3, -0.25) is 9.59 Å². The Hall–Kier alpha value is -1.59. The third-order valence-electron chi connectivity index (χ3n) is 2.16. The maximum absolute atomic E-state index is 11.3. The number of carbonyl (C=O) groups is 3. The third-order valence-corrected chi connectivity index (χ3v) is 2.16. The van der Waals surface area contributed by atoms with Gasteiger partial charge in [-0.1, -0.05) is 0 Å². The Morgan fingerprint density at radius 3 is 2.50 bits per heavy atom. The summed E-state index contributed by atoms with van der Waals surface area (Å²) in [7, 11) is 0. The van der Waals surface area contributed by atoms with Crippen molar-refractivity contribution in [3.8, 4) is 0 Å². The zero-order valence-electron chi connectivity index (χ0n) is 9.39. The van der Waals surface area contributed by atoms with Gasteiger partial charge in [0.1, 0.15) is 12.2 Å². The van der Waals surface area contributed by atoms with Gasteiger partial charge in [-0.05, 0) is 6.92 Å². The Kier molecular flexibility index (Phi) is 3.87. The highest BCUT2D eigenvalue weighted by molar-refractivity contribution is 5.80. The molecule has 0 aromatic heterocycles. The van der Waals surface area contributed by atoms with Crippen molar-refractivity contribution in [3.63, 3.8) is 0 Å². The summed E-state index contributed by atoms with van der Waals surface area (Å²) in [5, 5.41) is 0. The molecule has 0 aliphatic carbocycles. The minimum absolute atomic E-state index is 0.215. The maximum atomic E-state index is 11.3. The lowest BCUT2D eigenvalue weighted by atomic mass is 10.1. The predicted octanol–water partition coefficient (Wildman–Crippen LogP) is 0.185. The molecule has 1 heterocycles. The Balaban J connectivity index is 2.52. The van der Waals surface area contributed by atoms with E-state index in [0.29, 0.717) is 0 Å². The van der Waals surface area contributed by atoms with E-state index in [1.54, 1.807) is 6.92 Å². The molecule has 1 saturated heterocycles. The standard InChI is InChI=1S/C10H14O6/c1-5(14-6(2)11)8-4-9(10(13)16-8)15-7(3)12/h5,8-9H,4H2,1-3H3/t5-,8-,9-/m1/s1. The zero-order valence-corrected chi connectivity index (χ0v) is 9.39. The van der Waals surface area contributed by atoms with Crippen molar-refractivity contribution in [1.82, 2.24) is 0 Å². The summed E-state index contributed by atoms with van der Waals surface area (Å²) in [5.74, 6) is -1.58. The number of hydrogen-bond donors (Lipinski definition) is 0. The Morgan fingerprint density at radius 1 is 1.38 bits per heavy atom. The lowest BCUT2D eigenvalue weighted by Gasteiger charge is -2.17. The van der Waals surface area contributed by atoms with Gasteiger partial charge in [0.25, 0.3) is 0 Å². The van der Waals surface area contributed by atoms with E-state index in [0.717, 1.165) is 0 Å². The van der Waals surface area contributed by atoms with Crippen LogP contribution in [0.1, 0.15) is 27.2 Å². The average Bonchev–Trinajstić information content (AvgIpc) is 2.45. The molecule has 16 heavy (non-hydrogen) atoms. The average molecular weight is 230 g/mol. The molecule has 1 aliphatic heterocycles. The second-order valence-electron chi connectivity index (χ2n) is 3.62.